The fourth-order valence-corrected chi connectivity index (χ4v) is 3.38. The van der Waals surface area contributed by atoms with Gasteiger partial charge in [0.15, 0.2) is 5.82 Å². The Kier molecular flexibility index (Phi) is 4.23. The number of nitrogens with zero attached hydrogens (tertiary/aromatic N) is 4. The zero-order valence-corrected chi connectivity index (χ0v) is 14.3. The first kappa shape index (κ1) is 15.2. The molecule has 7 heteroatoms. The van der Waals surface area contributed by atoms with Crippen LogP contribution < -0.4 is 5.32 Å². The van der Waals surface area contributed by atoms with Crippen molar-refractivity contribution >= 4 is 34.8 Å². The molecule has 0 radical (unpaired) electrons. The van der Waals surface area contributed by atoms with E-state index >= 15 is 0 Å². The molecule has 24 heavy (non-hydrogen) atoms. The molecule has 1 N–H and O–H groups in total. The summed E-state index contributed by atoms with van der Waals surface area (Å²) in [7, 11) is 0. The first-order chi connectivity index (χ1) is 11.8. The number of hydrogen-bond acceptors (Lipinski definition) is 5. The highest BCUT2D eigenvalue weighted by molar-refractivity contribution is 7.99. The van der Waals surface area contributed by atoms with E-state index in [1.165, 1.54) is 0 Å². The topological polar surface area (TPSA) is 55.1 Å². The summed E-state index contributed by atoms with van der Waals surface area (Å²) in [6.45, 7) is 0.564. The lowest BCUT2D eigenvalue weighted by molar-refractivity contribution is 0.716. The third-order valence-electron chi connectivity index (χ3n) is 3.64. The maximum Gasteiger partial charge on any atom is 0.212 e. The Hall–Kier alpha value is -2.31. The van der Waals surface area contributed by atoms with E-state index in [1.807, 2.05) is 59.3 Å². The van der Waals surface area contributed by atoms with E-state index in [4.69, 9.17) is 16.7 Å². The minimum Gasteiger partial charge on any atom is -0.378 e. The van der Waals surface area contributed by atoms with Crippen molar-refractivity contribution < 1.29 is 0 Å². The Morgan fingerprint density at radius 3 is 2.62 bits per heavy atom. The van der Waals surface area contributed by atoms with Gasteiger partial charge in [-0.05, 0) is 29.8 Å². The number of halogens is 1. The summed E-state index contributed by atoms with van der Waals surface area (Å²) in [5.74, 6) is 1.55. The van der Waals surface area contributed by atoms with Gasteiger partial charge in [-0.15, -0.1) is 10.2 Å². The van der Waals surface area contributed by atoms with Gasteiger partial charge in [0.1, 0.15) is 0 Å². The molecule has 1 aliphatic heterocycles. The van der Waals surface area contributed by atoms with Crippen molar-refractivity contribution in [3.8, 4) is 0 Å². The number of fused-ring (bicyclic) bond motifs is 1. The van der Waals surface area contributed by atoms with Gasteiger partial charge >= 0.3 is 0 Å². The number of benzene rings is 2. The minimum atomic E-state index is 0.564. The summed E-state index contributed by atoms with van der Waals surface area (Å²) >= 11 is 7.60. The molecule has 2 aromatic carbocycles. The lowest BCUT2D eigenvalue weighted by atomic mass is 10.1. The second kappa shape index (κ2) is 6.67. The fraction of sp³-hybridized carbons (Fsp3) is 0.118. The number of para-hydroxylation sites is 1. The summed E-state index contributed by atoms with van der Waals surface area (Å²) in [6, 6.07) is 17.7. The highest BCUT2D eigenvalue weighted by atomic mass is 35.5. The molecule has 0 saturated heterocycles. The predicted octanol–water partition coefficient (Wildman–Crippen LogP) is 3.90. The van der Waals surface area contributed by atoms with Crippen molar-refractivity contribution in [2.45, 2.75) is 11.7 Å². The van der Waals surface area contributed by atoms with Crippen LogP contribution in [0.1, 0.15) is 11.4 Å². The first-order valence-corrected chi connectivity index (χ1v) is 8.86. The molecule has 0 atom stereocenters. The molecule has 5 nitrogen and oxygen atoms in total. The van der Waals surface area contributed by atoms with Crippen molar-refractivity contribution in [2.24, 2.45) is 5.10 Å². The average Bonchev–Trinajstić information content (AvgIpc) is 3.04. The highest BCUT2D eigenvalue weighted by Gasteiger charge is 2.19. The average molecular weight is 356 g/mol. The zero-order chi connectivity index (χ0) is 16.4. The van der Waals surface area contributed by atoms with Gasteiger partial charge in [-0.1, -0.05) is 53.7 Å². The fourth-order valence-electron chi connectivity index (χ4n) is 2.40. The summed E-state index contributed by atoms with van der Waals surface area (Å²) in [6.07, 6.45) is 0. The van der Waals surface area contributed by atoms with Crippen LogP contribution in [0.5, 0.6) is 0 Å². The van der Waals surface area contributed by atoms with E-state index < -0.39 is 0 Å². The Morgan fingerprint density at radius 1 is 1.04 bits per heavy atom. The number of rotatable bonds is 4. The highest BCUT2D eigenvalue weighted by Crippen LogP contribution is 2.25. The second-order valence-corrected chi connectivity index (χ2v) is 6.65. The molecule has 1 aliphatic rings. The van der Waals surface area contributed by atoms with E-state index in [2.05, 4.69) is 15.5 Å². The maximum absolute atomic E-state index is 5.96. The normalized spacial score (nSPS) is 13.3. The van der Waals surface area contributed by atoms with E-state index in [-0.39, 0.29) is 0 Å². The largest absolute Gasteiger partial charge is 0.378 e. The Bertz CT molecular complexity index is 874. The van der Waals surface area contributed by atoms with Crippen molar-refractivity contribution in [3.63, 3.8) is 0 Å². The second-order valence-electron chi connectivity index (χ2n) is 5.27. The first-order valence-electron chi connectivity index (χ1n) is 7.49. The van der Waals surface area contributed by atoms with Crippen LogP contribution in [0, 0.1) is 0 Å². The van der Waals surface area contributed by atoms with Crippen LogP contribution in [-0.2, 0) is 6.54 Å². The summed E-state index contributed by atoms with van der Waals surface area (Å²) in [5, 5.41) is 18.1. The summed E-state index contributed by atoms with van der Waals surface area (Å²) < 4.78 is 1.81. The van der Waals surface area contributed by atoms with Crippen LogP contribution in [0.2, 0.25) is 5.02 Å². The molecular weight excluding hydrogens is 342 g/mol. The molecule has 0 amide bonds. The van der Waals surface area contributed by atoms with Crippen molar-refractivity contribution in [2.75, 3.05) is 11.1 Å². The lowest BCUT2D eigenvalue weighted by Gasteiger charge is -2.14. The molecule has 1 aromatic heterocycles. The van der Waals surface area contributed by atoms with Gasteiger partial charge in [-0.25, -0.2) is 0 Å². The van der Waals surface area contributed by atoms with Crippen LogP contribution in [0.3, 0.4) is 0 Å². The van der Waals surface area contributed by atoms with E-state index in [0.717, 1.165) is 38.7 Å². The van der Waals surface area contributed by atoms with Crippen LogP contribution in [0.25, 0.3) is 0 Å². The van der Waals surface area contributed by atoms with Gasteiger partial charge in [0.2, 0.25) is 5.16 Å². The summed E-state index contributed by atoms with van der Waals surface area (Å²) in [5.41, 5.74) is 3.10. The smallest absolute Gasteiger partial charge is 0.212 e. The lowest BCUT2D eigenvalue weighted by Crippen LogP contribution is -2.15. The minimum absolute atomic E-state index is 0.564. The maximum atomic E-state index is 5.96. The monoisotopic (exact) mass is 355 g/mol. The van der Waals surface area contributed by atoms with Crippen molar-refractivity contribution in [3.05, 3.63) is 71.0 Å². The van der Waals surface area contributed by atoms with E-state index in [1.54, 1.807) is 11.8 Å². The number of thioether (sulfide) groups is 1. The number of aromatic nitrogens is 3. The third-order valence-corrected chi connectivity index (χ3v) is 4.82. The molecule has 0 bridgehead atoms. The molecule has 120 valence electrons. The number of nitrogens with one attached hydrogen (secondary N) is 1. The molecular formula is C17H14ClN5S. The standard InChI is InChI=1S/C17H14ClN5S/c18-13-8-6-12(7-9-13)15-11-24-17-21-20-16(23(17)22-15)10-19-14-4-2-1-3-5-14/h1-9,19H,10-11H2. The molecule has 4 rings (SSSR count). The molecule has 2 heterocycles. The quantitative estimate of drug-likeness (QED) is 0.771. The van der Waals surface area contributed by atoms with Gasteiger partial charge in [0.05, 0.1) is 12.3 Å². The van der Waals surface area contributed by atoms with Gasteiger partial charge in [-0.2, -0.15) is 9.78 Å². The molecule has 0 aliphatic carbocycles. The predicted molar refractivity (Wildman–Crippen MR) is 97.9 cm³/mol. The van der Waals surface area contributed by atoms with Crippen molar-refractivity contribution in [1.29, 1.82) is 0 Å². The Balaban J connectivity index is 1.58. The Labute approximate surface area is 148 Å². The molecule has 3 aromatic rings. The van der Waals surface area contributed by atoms with Crippen molar-refractivity contribution in [1.82, 2.24) is 14.9 Å². The Morgan fingerprint density at radius 2 is 1.83 bits per heavy atom. The molecule has 0 unspecified atom stereocenters. The van der Waals surface area contributed by atoms with Crippen LogP contribution in [-0.4, -0.2) is 26.3 Å². The summed E-state index contributed by atoms with van der Waals surface area (Å²) in [4.78, 5) is 0. The molecule has 0 spiro atoms. The van der Waals surface area contributed by atoms with Gasteiger partial charge in [0, 0.05) is 16.5 Å². The molecule has 0 fully saturated rings. The van der Waals surface area contributed by atoms with Gasteiger partial charge in [-0.3, -0.25) is 0 Å². The van der Waals surface area contributed by atoms with E-state index in [0.29, 0.717) is 6.54 Å². The number of anilines is 1. The van der Waals surface area contributed by atoms with E-state index in [9.17, 15) is 0 Å². The van der Waals surface area contributed by atoms with Gasteiger partial charge < -0.3 is 5.32 Å². The molecule has 0 saturated carbocycles. The third kappa shape index (κ3) is 3.16. The van der Waals surface area contributed by atoms with Crippen LogP contribution in [0.4, 0.5) is 5.69 Å². The van der Waals surface area contributed by atoms with Crippen LogP contribution >= 0.6 is 23.4 Å². The number of hydrogen-bond donors (Lipinski definition) is 1. The zero-order valence-electron chi connectivity index (χ0n) is 12.7. The SMILES string of the molecule is Clc1ccc(C2=Nn3c(CNc4ccccc4)nnc3SC2)cc1. The van der Waals surface area contributed by atoms with Gasteiger partial charge in [0.25, 0.3) is 0 Å². The van der Waals surface area contributed by atoms with Crippen LogP contribution in [0.15, 0.2) is 64.9 Å².